The number of halogens is 1. The Kier molecular flexibility index (Phi) is 3.32. The molecule has 2 atom stereocenters. The van der Waals surface area contributed by atoms with Crippen molar-refractivity contribution in [2.45, 2.75) is 13.0 Å². The monoisotopic (exact) mass is 292 g/mol. The summed E-state index contributed by atoms with van der Waals surface area (Å²) >= 11 is 0. The number of rotatable bonds is 2. The normalized spacial score (nSPS) is 24.6. The van der Waals surface area contributed by atoms with E-state index in [1.807, 2.05) is 0 Å². The zero-order chi connectivity index (χ0) is 15.0. The fraction of sp³-hybridized carbons (Fsp3) is 0.357. The molecule has 2 aliphatic heterocycles. The van der Waals surface area contributed by atoms with E-state index in [-0.39, 0.29) is 24.9 Å². The number of carbonyl (C=O) groups excluding carboxylic acids is 2. The number of nitrogens with zero attached hydrogens (tertiary/aromatic N) is 2. The minimum Gasteiger partial charge on any atom is -0.447 e. The highest BCUT2D eigenvalue weighted by molar-refractivity contribution is 6.07. The third-order valence-electron chi connectivity index (χ3n) is 3.56. The summed E-state index contributed by atoms with van der Waals surface area (Å²) in [7, 11) is 0. The minimum atomic E-state index is -0.865. The Hall–Kier alpha value is -2.44. The quantitative estimate of drug-likeness (QED) is 0.829. The van der Waals surface area contributed by atoms with Gasteiger partial charge < -0.3 is 9.57 Å². The van der Waals surface area contributed by atoms with Crippen LogP contribution >= 0.6 is 0 Å². The largest absolute Gasteiger partial charge is 0.447 e. The SMILES string of the molecule is CC1C(c2ccc(F)cc2)=NOC1C(=O)N1CCOC1=O. The Balaban J connectivity index is 1.76. The van der Waals surface area contributed by atoms with Gasteiger partial charge in [-0.15, -0.1) is 0 Å². The van der Waals surface area contributed by atoms with E-state index in [1.54, 1.807) is 19.1 Å². The smallest absolute Gasteiger partial charge is 0.416 e. The first-order valence-corrected chi connectivity index (χ1v) is 6.55. The summed E-state index contributed by atoms with van der Waals surface area (Å²) in [5, 5.41) is 3.91. The average molecular weight is 292 g/mol. The molecule has 2 unspecified atom stereocenters. The second-order valence-corrected chi connectivity index (χ2v) is 4.90. The average Bonchev–Trinajstić information content (AvgIpc) is 3.05. The number of ether oxygens (including phenoxy) is 1. The molecule has 21 heavy (non-hydrogen) atoms. The van der Waals surface area contributed by atoms with Crippen molar-refractivity contribution in [2.24, 2.45) is 11.1 Å². The van der Waals surface area contributed by atoms with E-state index in [9.17, 15) is 14.0 Å². The van der Waals surface area contributed by atoms with Crippen molar-refractivity contribution in [2.75, 3.05) is 13.2 Å². The van der Waals surface area contributed by atoms with Crippen molar-refractivity contribution in [1.29, 1.82) is 0 Å². The van der Waals surface area contributed by atoms with Gasteiger partial charge in [-0.25, -0.2) is 14.1 Å². The van der Waals surface area contributed by atoms with Crippen molar-refractivity contribution >= 4 is 17.7 Å². The molecular formula is C14H13FN2O4. The highest BCUT2D eigenvalue weighted by Gasteiger charge is 2.42. The van der Waals surface area contributed by atoms with Gasteiger partial charge in [0.2, 0.25) is 6.10 Å². The van der Waals surface area contributed by atoms with E-state index < -0.39 is 18.1 Å². The van der Waals surface area contributed by atoms with Crippen LogP contribution in [-0.2, 0) is 14.4 Å². The molecular weight excluding hydrogens is 279 g/mol. The van der Waals surface area contributed by atoms with E-state index >= 15 is 0 Å². The molecule has 0 radical (unpaired) electrons. The molecule has 6 nitrogen and oxygen atoms in total. The molecule has 1 aromatic carbocycles. The molecule has 0 aromatic heterocycles. The predicted octanol–water partition coefficient (Wildman–Crippen LogP) is 1.54. The van der Waals surface area contributed by atoms with E-state index in [4.69, 9.17) is 9.57 Å². The highest BCUT2D eigenvalue weighted by Crippen LogP contribution is 2.25. The highest BCUT2D eigenvalue weighted by atomic mass is 19.1. The second kappa shape index (κ2) is 5.16. The lowest BCUT2D eigenvalue weighted by Crippen LogP contribution is -2.43. The topological polar surface area (TPSA) is 68.2 Å². The number of benzene rings is 1. The Morgan fingerprint density at radius 2 is 2.10 bits per heavy atom. The summed E-state index contributed by atoms with van der Waals surface area (Å²) < 4.78 is 17.7. The van der Waals surface area contributed by atoms with Crippen molar-refractivity contribution in [1.82, 2.24) is 4.90 Å². The molecule has 0 aliphatic carbocycles. The lowest BCUT2D eigenvalue weighted by molar-refractivity contribution is -0.140. The molecule has 1 saturated heterocycles. The van der Waals surface area contributed by atoms with Gasteiger partial charge in [0, 0.05) is 0 Å². The fourth-order valence-corrected chi connectivity index (χ4v) is 2.37. The van der Waals surface area contributed by atoms with Crippen molar-refractivity contribution < 1.29 is 23.6 Å². The van der Waals surface area contributed by atoms with Gasteiger partial charge in [0.15, 0.2) is 0 Å². The third-order valence-corrected chi connectivity index (χ3v) is 3.56. The number of imide groups is 1. The number of hydrogen-bond acceptors (Lipinski definition) is 5. The zero-order valence-electron chi connectivity index (χ0n) is 11.3. The number of hydrogen-bond donors (Lipinski definition) is 0. The molecule has 0 saturated carbocycles. The summed E-state index contributed by atoms with van der Waals surface area (Å²) in [5.74, 6) is -1.15. The Morgan fingerprint density at radius 3 is 2.71 bits per heavy atom. The van der Waals surface area contributed by atoms with E-state index in [1.165, 1.54) is 12.1 Å². The zero-order valence-corrected chi connectivity index (χ0v) is 11.3. The fourth-order valence-electron chi connectivity index (χ4n) is 2.37. The van der Waals surface area contributed by atoms with Gasteiger partial charge >= 0.3 is 6.09 Å². The van der Waals surface area contributed by atoms with Gasteiger partial charge in [-0.2, -0.15) is 0 Å². The van der Waals surface area contributed by atoms with Crippen molar-refractivity contribution in [3.8, 4) is 0 Å². The van der Waals surface area contributed by atoms with Gasteiger partial charge in [0.05, 0.1) is 18.2 Å². The molecule has 2 amide bonds. The van der Waals surface area contributed by atoms with Crippen LogP contribution in [-0.4, -0.2) is 41.9 Å². The Labute approximate surface area is 120 Å². The molecule has 3 rings (SSSR count). The molecule has 110 valence electrons. The molecule has 0 bridgehead atoms. The van der Waals surface area contributed by atoms with E-state index in [2.05, 4.69) is 5.16 Å². The first-order valence-electron chi connectivity index (χ1n) is 6.55. The number of oxime groups is 1. The predicted molar refractivity (Wildman–Crippen MR) is 70.0 cm³/mol. The van der Waals surface area contributed by atoms with E-state index in [0.29, 0.717) is 11.3 Å². The first kappa shape index (κ1) is 13.5. The van der Waals surface area contributed by atoms with Crippen LogP contribution in [0.1, 0.15) is 12.5 Å². The van der Waals surface area contributed by atoms with Crippen LogP contribution in [0.3, 0.4) is 0 Å². The summed E-state index contributed by atoms with van der Waals surface area (Å²) in [6.45, 7) is 2.19. The first-order chi connectivity index (χ1) is 10.1. The van der Waals surface area contributed by atoms with Gasteiger partial charge in [-0.3, -0.25) is 4.79 Å². The summed E-state index contributed by atoms with van der Waals surface area (Å²) in [5.41, 5.74) is 1.24. The van der Waals surface area contributed by atoms with Gasteiger partial charge in [-0.1, -0.05) is 24.2 Å². The van der Waals surface area contributed by atoms with Gasteiger partial charge in [0.1, 0.15) is 12.4 Å². The van der Waals surface area contributed by atoms with Crippen LogP contribution in [0.5, 0.6) is 0 Å². The maximum Gasteiger partial charge on any atom is 0.416 e. The number of cyclic esters (lactones) is 1. The molecule has 1 fully saturated rings. The van der Waals surface area contributed by atoms with Crippen LogP contribution < -0.4 is 0 Å². The Morgan fingerprint density at radius 1 is 1.38 bits per heavy atom. The molecule has 7 heteroatoms. The van der Waals surface area contributed by atoms with Crippen LogP contribution in [0.2, 0.25) is 0 Å². The molecule has 2 aliphatic rings. The van der Waals surface area contributed by atoms with E-state index in [0.717, 1.165) is 4.90 Å². The van der Waals surface area contributed by atoms with Gasteiger partial charge in [0.25, 0.3) is 5.91 Å². The minimum absolute atomic E-state index is 0.192. The molecule has 0 spiro atoms. The van der Waals surface area contributed by atoms with Crippen LogP contribution in [0.4, 0.5) is 9.18 Å². The molecule has 0 N–H and O–H groups in total. The lowest BCUT2D eigenvalue weighted by atomic mass is 9.93. The van der Waals surface area contributed by atoms with Crippen LogP contribution in [0, 0.1) is 11.7 Å². The van der Waals surface area contributed by atoms with Crippen LogP contribution in [0.15, 0.2) is 29.4 Å². The van der Waals surface area contributed by atoms with Crippen molar-refractivity contribution in [3.05, 3.63) is 35.6 Å². The Bertz CT molecular complexity index is 614. The molecule has 2 heterocycles. The number of amides is 2. The van der Waals surface area contributed by atoms with Gasteiger partial charge in [-0.05, 0) is 17.7 Å². The van der Waals surface area contributed by atoms with Crippen LogP contribution in [0.25, 0.3) is 0 Å². The third kappa shape index (κ3) is 2.35. The molecule has 1 aromatic rings. The summed E-state index contributed by atoms with van der Waals surface area (Å²) in [6, 6.07) is 5.78. The maximum absolute atomic E-state index is 12.9. The van der Waals surface area contributed by atoms with Crippen molar-refractivity contribution in [3.63, 3.8) is 0 Å². The summed E-state index contributed by atoms with van der Waals surface area (Å²) in [6.07, 6.45) is -1.53. The second-order valence-electron chi connectivity index (χ2n) is 4.90. The standard InChI is InChI=1S/C14H13FN2O4/c1-8-11(9-2-4-10(15)5-3-9)16-21-12(8)13(18)17-6-7-20-14(17)19/h2-5,8,12H,6-7H2,1H3. The number of carbonyl (C=O) groups is 2. The maximum atomic E-state index is 12.9. The summed E-state index contributed by atoms with van der Waals surface area (Å²) in [4.78, 5) is 29.9. The lowest BCUT2D eigenvalue weighted by Gasteiger charge is -2.18.